The van der Waals surface area contributed by atoms with Gasteiger partial charge in [0.25, 0.3) is 0 Å². The zero-order chi connectivity index (χ0) is 18.5. The Balaban J connectivity index is 2.05. The minimum atomic E-state index is -4.29. The molecular weight excluding hydrogens is 381 g/mol. The molecule has 4 rings (SSSR count). The lowest BCUT2D eigenvalue weighted by Gasteiger charge is -2.30. The Kier molecular flexibility index (Phi) is 4.28. The van der Waals surface area contributed by atoms with E-state index in [0.717, 1.165) is 26.6 Å². The summed E-state index contributed by atoms with van der Waals surface area (Å²) in [6.07, 6.45) is -0.169. The minimum Gasteiger partial charge on any atom is -0.361 e. The predicted octanol–water partition coefficient (Wildman–Crippen LogP) is 4.72. The molecule has 1 atom stereocenters. The molecule has 1 unspecified atom stereocenters. The van der Waals surface area contributed by atoms with Crippen LogP contribution in [0.25, 0.3) is 10.6 Å². The highest BCUT2D eigenvalue weighted by Gasteiger charge is 2.40. The molecule has 2 aromatic rings. The van der Waals surface area contributed by atoms with Crippen LogP contribution in [0.3, 0.4) is 0 Å². The zero-order valence-corrected chi connectivity index (χ0v) is 15.5. The maximum Gasteiger partial charge on any atom is 0.405 e. The number of allylic oxidation sites excluding steroid dienone is 1. The summed E-state index contributed by atoms with van der Waals surface area (Å²) in [5, 5.41) is 7.20. The number of hydrogen-bond donors (Lipinski definition) is 1. The summed E-state index contributed by atoms with van der Waals surface area (Å²) in [4.78, 5) is 2.37. The topological polar surface area (TPSA) is 15.3 Å². The molecule has 0 amide bonds. The summed E-state index contributed by atoms with van der Waals surface area (Å²) in [5.74, 6) is 0. The van der Waals surface area contributed by atoms with Crippen molar-refractivity contribution in [3.63, 3.8) is 0 Å². The van der Waals surface area contributed by atoms with Crippen LogP contribution in [-0.4, -0.2) is 12.7 Å². The van der Waals surface area contributed by atoms with Gasteiger partial charge in [-0.1, -0.05) is 24.6 Å². The number of fused-ring (bicyclic) bond motifs is 3. The van der Waals surface area contributed by atoms with Crippen molar-refractivity contribution >= 4 is 44.9 Å². The summed E-state index contributed by atoms with van der Waals surface area (Å²) < 4.78 is 40.1. The first-order valence-electron chi connectivity index (χ1n) is 8.26. The molecule has 0 aliphatic carbocycles. The lowest BCUT2D eigenvalue weighted by Crippen LogP contribution is -2.37. The van der Waals surface area contributed by atoms with Gasteiger partial charge in [-0.25, -0.2) is 0 Å². The van der Waals surface area contributed by atoms with Crippen LogP contribution in [0.1, 0.15) is 24.3 Å². The van der Waals surface area contributed by atoms with E-state index in [2.05, 4.69) is 5.32 Å². The first kappa shape index (κ1) is 17.5. The average molecular weight is 397 g/mol. The van der Waals surface area contributed by atoms with Crippen LogP contribution in [0, 0.1) is 0 Å². The third-order valence-electron chi connectivity index (χ3n) is 4.71. The van der Waals surface area contributed by atoms with Crippen LogP contribution in [0.15, 0.2) is 41.9 Å². The molecule has 136 valence electrons. The Bertz CT molecular complexity index is 993. The van der Waals surface area contributed by atoms with E-state index < -0.39 is 18.8 Å². The highest BCUT2D eigenvalue weighted by molar-refractivity contribution is 7.10. The Morgan fingerprint density at radius 1 is 1.23 bits per heavy atom. The normalized spacial score (nSPS) is 18.8. The highest BCUT2D eigenvalue weighted by atomic mass is 35.5. The standard InChI is InChI=1S/C19H16ClF3N2S/c1-2-11-16-14(6-5-13-17(16)12(20)7-8-24-13)25(10-19(21,22)23)18(11)15-4-3-9-26-15/h3-9,18,24H,2,10H2,1H3. The molecule has 0 spiro atoms. The second-order valence-electron chi connectivity index (χ2n) is 6.25. The molecule has 2 aliphatic rings. The lowest BCUT2D eigenvalue weighted by atomic mass is 10.0. The van der Waals surface area contributed by atoms with E-state index in [1.54, 1.807) is 24.4 Å². The van der Waals surface area contributed by atoms with Gasteiger partial charge >= 0.3 is 6.18 Å². The van der Waals surface area contributed by atoms with Gasteiger partial charge in [-0.3, -0.25) is 0 Å². The van der Waals surface area contributed by atoms with Crippen molar-refractivity contribution in [2.45, 2.75) is 25.6 Å². The highest BCUT2D eigenvalue weighted by Crippen LogP contribution is 2.41. The number of benzene rings is 1. The van der Waals surface area contributed by atoms with E-state index in [9.17, 15) is 13.2 Å². The molecule has 2 nitrogen and oxygen atoms in total. The van der Waals surface area contributed by atoms with Crippen LogP contribution in [0.5, 0.6) is 0 Å². The molecule has 2 aliphatic heterocycles. The number of nitrogens with one attached hydrogen (secondary N) is 1. The maximum absolute atomic E-state index is 13.4. The van der Waals surface area contributed by atoms with Crippen LogP contribution in [-0.2, 0) is 0 Å². The summed E-state index contributed by atoms with van der Waals surface area (Å²) in [7, 11) is 0. The summed E-state index contributed by atoms with van der Waals surface area (Å²) in [5.41, 5.74) is 2.38. The van der Waals surface area contributed by atoms with E-state index in [0.29, 0.717) is 17.1 Å². The van der Waals surface area contributed by atoms with Gasteiger partial charge < -0.3 is 10.2 Å². The van der Waals surface area contributed by atoms with Crippen molar-refractivity contribution in [1.82, 2.24) is 0 Å². The fourth-order valence-electron chi connectivity index (χ4n) is 3.79. The van der Waals surface area contributed by atoms with Crippen molar-refractivity contribution < 1.29 is 13.2 Å². The Hall–Kier alpha value is -1.92. The predicted molar refractivity (Wildman–Crippen MR) is 102 cm³/mol. The SMILES string of the molecule is CCC1=c2c(ccc3c2=C(Cl)C=CN3)N(CC(F)(F)F)C1c1cccs1. The largest absolute Gasteiger partial charge is 0.405 e. The van der Waals surface area contributed by atoms with Gasteiger partial charge in [-0.15, -0.1) is 11.3 Å². The number of nitrogens with zero attached hydrogens (tertiary/aromatic N) is 1. The Labute approximate surface area is 157 Å². The molecule has 1 aromatic carbocycles. The van der Waals surface area contributed by atoms with Gasteiger partial charge in [0.1, 0.15) is 6.54 Å². The Morgan fingerprint density at radius 3 is 2.69 bits per heavy atom. The van der Waals surface area contributed by atoms with Gasteiger partial charge in [0.2, 0.25) is 0 Å². The molecule has 26 heavy (non-hydrogen) atoms. The maximum atomic E-state index is 13.4. The first-order valence-corrected chi connectivity index (χ1v) is 9.52. The number of anilines is 2. The van der Waals surface area contributed by atoms with Crippen LogP contribution >= 0.6 is 22.9 Å². The van der Waals surface area contributed by atoms with E-state index in [1.165, 1.54) is 16.2 Å². The van der Waals surface area contributed by atoms with Crippen molar-refractivity contribution in [3.05, 3.63) is 57.2 Å². The molecule has 7 heteroatoms. The summed E-state index contributed by atoms with van der Waals surface area (Å²) in [6.45, 7) is 0.988. The van der Waals surface area contributed by atoms with Crippen LogP contribution in [0.2, 0.25) is 0 Å². The molecule has 0 radical (unpaired) electrons. The first-order chi connectivity index (χ1) is 12.4. The van der Waals surface area contributed by atoms with Crippen molar-refractivity contribution in [2.24, 2.45) is 0 Å². The van der Waals surface area contributed by atoms with Gasteiger partial charge in [-0.05, 0) is 41.6 Å². The molecule has 1 N–H and O–H groups in total. The third-order valence-corrected chi connectivity index (χ3v) is 5.95. The van der Waals surface area contributed by atoms with Crippen molar-refractivity contribution in [3.8, 4) is 0 Å². The number of alkyl halides is 3. The lowest BCUT2D eigenvalue weighted by molar-refractivity contribution is -0.120. The summed E-state index contributed by atoms with van der Waals surface area (Å²) in [6, 6.07) is 6.92. The number of hydrogen-bond acceptors (Lipinski definition) is 3. The molecule has 0 bridgehead atoms. The smallest absolute Gasteiger partial charge is 0.361 e. The monoisotopic (exact) mass is 396 g/mol. The van der Waals surface area contributed by atoms with Gasteiger partial charge in [0, 0.05) is 32.9 Å². The zero-order valence-electron chi connectivity index (χ0n) is 13.9. The molecule has 0 fully saturated rings. The number of rotatable bonds is 3. The van der Waals surface area contributed by atoms with Gasteiger partial charge in [-0.2, -0.15) is 13.2 Å². The van der Waals surface area contributed by atoms with E-state index >= 15 is 0 Å². The molecule has 0 saturated heterocycles. The summed E-state index contributed by atoms with van der Waals surface area (Å²) >= 11 is 7.92. The average Bonchev–Trinajstić information content (AvgIpc) is 3.19. The van der Waals surface area contributed by atoms with E-state index in [4.69, 9.17) is 11.6 Å². The molecule has 0 saturated carbocycles. The van der Waals surface area contributed by atoms with Gasteiger partial charge in [0.05, 0.1) is 11.1 Å². The van der Waals surface area contributed by atoms with Crippen LogP contribution in [0.4, 0.5) is 24.5 Å². The van der Waals surface area contributed by atoms with Gasteiger partial charge in [0.15, 0.2) is 0 Å². The second-order valence-corrected chi connectivity index (χ2v) is 7.63. The molecule has 1 aromatic heterocycles. The number of thiophene rings is 1. The van der Waals surface area contributed by atoms with E-state index in [1.807, 2.05) is 24.4 Å². The Morgan fingerprint density at radius 2 is 2.04 bits per heavy atom. The van der Waals surface area contributed by atoms with E-state index in [-0.39, 0.29) is 0 Å². The van der Waals surface area contributed by atoms with Crippen molar-refractivity contribution in [2.75, 3.05) is 16.8 Å². The quantitative estimate of drug-likeness (QED) is 0.807. The molecular formula is C19H16ClF3N2S. The fourth-order valence-corrected chi connectivity index (χ4v) is 4.92. The second kappa shape index (κ2) is 6.35. The number of halogens is 4. The fraction of sp³-hybridized carbons (Fsp3) is 0.263. The third kappa shape index (κ3) is 2.81. The van der Waals surface area contributed by atoms with Crippen LogP contribution < -0.4 is 20.7 Å². The minimum absolute atomic E-state index is 0.418. The molecule has 3 heterocycles. The van der Waals surface area contributed by atoms with Crippen molar-refractivity contribution in [1.29, 1.82) is 0 Å².